The molecular weight excluding hydrogens is 427 g/mol. The summed E-state index contributed by atoms with van der Waals surface area (Å²) in [4.78, 5) is 37.8. The van der Waals surface area contributed by atoms with Crippen molar-refractivity contribution in [3.63, 3.8) is 0 Å². The van der Waals surface area contributed by atoms with Crippen LogP contribution in [0.2, 0.25) is 10.0 Å². The van der Waals surface area contributed by atoms with Crippen LogP contribution in [0.1, 0.15) is 29.5 Å². The SMILES string of the molecule is O=C1CCC(N2Cc3ccc(CNC(=O)Nc4ccc(Cl)cc4Cl)cc3C2)C(=O)N1. The maximum Gasteiger partial charge on any atom is 0.319 e. The minimum atomic E-state index is -0.370. The zero-order chi connectivity index (χ0) is 21.3. The van der Waals surface area contributed by atoms with Gasteiger partial charge in [-0.2, -0.15) is 0 Å². The van der Waals surface area contributed by atoms with Crippen LogP contribution in [0.4, 0.5) is 10.5 Å². The monoisotopic (exact) mass is 446 g/mol. The summed E-state index contributed by atoms with van der Waals surface area (Å²) >= 11 is 11.9. The Kier molecular flexibility index (Phi) is 5.94. The number of imide groups is 1. The summed E-state index contributed by atoms with van der Waals surface area (Å²) in [5.74, 6) is -0.432. The van der Waals surface area contributed by atoms with Gasteiger partial charge in [0, 0.05) is 31.1 Å². The molecule has 0 aliphatic carbocycles. The number of halogens is 2. The Hall–Kier alpha value is -2.61. The Balaban J connectivity index is 1.34. The first-order valence-electron chi connectivity index (χ1n) is 9.57. The van der Waals surface area contributed by atoms with E-state index in [-0.39, 0.29) is 23.9 Å². The van der Waals surface area contributed by atoms with E-state index in [4.69, 9.17) is 23.2 Å². The lowest BCUT2D eigenvalue weighted by atomic mass is 10.0. The number of piperidine rings is 1. The number of urea groups is 1. The molecule has 4 amide bonds. The van der Waals surface area contributed by atoms with Crippen molar-refractivity contribution in [2.75, 3.05) is 5.32 Å². The highest BCUT2D eigenvalue weighted by Gasteiger charge is 2.34. The van der Waals surface area contributed by atoms with Crippen LogP contribution in [0.3, 0.4) is 0 Å². The van der Waals surface area contributed by atoms with E-state index in [9.17, 15) is 14.4 Å². The van der Waals surface area contributed by atoms with Gasteiger partial charge in [-0.15, -0.1) is 0 Å². The third kappa shape index (κ3) is 4.59. The Morgan fingerprint density at radius 2 is 1.90 bits per heavy atom. The number of hydrogen-bond acceptors (Lipinski definition) is 4. The molecule has 1 saturated heterocycles. The van der Waals surface area contributed by atoms with E-state index < -0.39 is 0 Å². The molecule has 2 aromatic carbocycles. The predicted molar refractivity (Wildman–Crippen MR) is 114 cm³/mol. The van der Waals surface area contributed by atoms with Crippen molar-refractivity contribution in [1.29, 1.82) is 0 Å². The van der Waals surface area contributed by atoms with E-state index in [1.807, 2.05) is 18.2 Å². The van der Waals surface area contributed by atoms with Crippen molar-refractivity contribution in [2.45, 2.75) is 38.5 Å². The van der Waals surface area contributed by atoms with Crippen LogP contribution < -0.4 is 16.0 Å². The van der Waals surface area contributed by atoms with Gasteiger partial charge >= 0.3 is 6.03 Å². The number of hydrogen-bond donors (Lipinski definition) is 3. The summed E-state index contributed by atoms with van der Waals surface area (Å²) in [5.41, 5.74) is 3.71. The molecule has 7 nitrogen and oxygen atoms in total. The third-order valence-corrected chi connectivity index (χ3v) is 5.85. The van der Waals surface area contributed by atoms with Crippen molar-refractivity contribution in [2.24, 2.45) is 0 Å². The zero-order valence-corrected chi connectivity index (χ0v) is 17.5. The van der Waals surface area contributed by atoms with Crippen molar-refractivity contribution in [3.05, 3.63) is 63.1 Å². The number of carbonyl (C=O) groups is 3. The highest BCUT2D eigenvalue weighted by molar-refractivity contribution is 6.36. The maximum absolute atomic E-state index is 12.2. The molecular formula is C21H20Cl2N4O3. The second kappa shape index (κ2) is 8.63. The summed E-state index contributed by atoms with van der Waals surface area (Å²) < 4.78 is 0. The second-order valence-corrected chi connectivity index (χ2v) is 8.25. The Morgan fingerprint density at radius 3 is 2.67 bits per heavy atom. The number of nitrogens with zero attached hydrogens (tertiary/aromatic N) is 1. The van der Waals surface area contributed by atoms with E-state index >= 15 is 0 Å². The fourth-order valence-electron chi connectivity index (χ4n) is 3.77. The number of anilines is 1. The van der Waals surface area contributed by atoms with Crippen LogP contribution in [0.5, 0.6) is 0 Å². The number of benzene rings is 2. The molecule has 1 atom stereocenters. The van der Waals surface area contributed by atoms with Gasteiger partial charge in [-0.05, 0) is 41.3 Å². The molecule has 2 aliphatic heterocycles. The fraction of sp³-hybridized carbons (Fsp3) is 0.286. The molecule has 0 saturated carbocycles. The molecule has 156 valence electrons. The Bertz CT molecular complexity index is 1030. The van der Waals surface area contributed by atoms with E-state index in [0.717, 1.165) is 16.7 Å². The van der Waals surface area contributed by atoms with Crippen LogP contribution in [0.15, 0.2) is 36.4 Å². The van der Waals surface area contributed by atoms with E-state index in [1.165, 1.54) is 0 Å². The average Bonchev–Trinajstić information content (AvgIpc) is 3.11. The molecule has 30 heavy (non-hydrogen) atoms. The number of nitrogens with one attached hydrogen (secondary N) is 3. The lowest BCUT2D eigenvalue weighted by Gasteiger charge is -2.29. The van der Waals surface area contributed by atoms with Gasteiger partial charge in [0.15, 0.2) is 0 Å². The van der Waals surface area contributed by atoms with Crippen LogP contribution in [-0.2, 0) is 29.2 Å². The second-order valence-electron chi connectivity index (χ2n) is 7.41. The van der Waals surface area contributed by atoms with Crippen molar-refractivity contribution < 1.29 is 14.4 Å². The topological polar surface area (TPSA) is 90.5 Å². The molecule has 2 aromatic rings. The van der Waals surface area contributed by atoms with Gasteiger partial charge in [-0.25, -0.2) is 4.79 Å². The summed E-state index contributed by atoms with van der Waals surface area (Å²) in [6.07, 6.45) is 0.908. The average molecular weight is 447 g/mol. The number of carbonyl (C=O) groups excluding carboxylic acids is 3. The standard InChI is InChI=1S/C21H20Cl2N4O3/c22-15-3-4-17(16(23)8-15)25-21(30)24-9-12-1-2-13-10-27(11-14(13)7-12)18-5-6-19(28)26-20(18)29/h1-4,7-8,18H,5-6,9-11H2,(H2,24,25,30)(H,26,28,29). The molecule has 2 aliphatic rings. The van der Waals surface area contributed by atoms with Crippen LogP contribution in [0, 0.1) is 0 Å². The van der Waals surface area contributed by atoms with Crippen LogP contribution >= 0.6 is 23.2 Å². The fourth-order valence-corrected chi connectivity index (χ4v) is 4.23. The summed E-state index contributed by atoms with van der Waals surface area (Å²) in [5, 5.41) is 8.78. The Morgan fingerprint density at radius 1 is 1.10 bits per heavy atom. The van der Waals surface area contributed by atoms with Gasteiger partial charge in [0.25, 0.3) is 0 Å². The molecule has 9 heteroatoms. The van der Waals surface area contributed by atoms with Crippen LogP contribution in [0.25, 0.3) is 0 Å². The molecule has 1 unspecified atom stereocenters. The molecule has 3 N–H and O–H groups in total. The summed E-state index contributed by atoms with van der Waals surface area (Å²) in [6, 6.07) is 10.2. The lowest BCUT2D eigenvalue weighted by Crippen LogP contribution is -2.50. The molecule has 2 heterocycles. The number of amides is 4. The van der Waals surface area contributed by atoms with Gasteiger partial charge in [0.05, 0.1) is 16.8 Å². The van der Waals surface area contributed by atoms with Crippen molar-refractivity contribution in [3.8, 4) is 0 Å². The molecule has 0 bridgehead atoms. The largest absolute Gasteiger partial charge is 0.334 e. The first kappa shape index (κ1) is 20.7. The minimum Gasteiger partial charge on any atom is -0.334 e. The van der Waals surface area contributed by atoms with E-state index in [0.29, 0.717) is 48.2 Å². The first-order valence-corrected chi connectivity index (χ1v) is 10.3. The highest BCUT2D eigenvalue weighted by atomic mass is 35.5. The summed E-state index contributed by atoms with van der Waals surface area (Å²) in [6.45, 7) is 1.66. The smallest absolute Gasteiger partial charge is 0.319 e. The van der Waals surface area contributed by atoms with Gasteiger partial charge in [-0.1, -0.05) is 41.4 Å². The van der Waals surface area contributed by atoms with Gasteiger partial charge < -0.3 is 10.6 Å². The van der Waals surface area contributed by atoms with Gasteiger partial charge in [0.1, 0.15) is 0 Å². The Labute approximate surface area is 183 Å². The normalized spacial score (nSPS) is 18.7. The van der Waals surface area contributed by atoms with E-state index in [2.05, 4.69) is 20.9 Å². The lowest BCUT2D eigenvalue weighted by molar-refractivity contribution is -0.137. The maximum atomic E-state index is 12.2. The van der Waals surface area contributed by atoms with Crippen molar-refractivity contribution in [1.82, 2.24) is 15.5 Å². The third-order valence-electron chi connectivity index (χ3n) is 5.30. The van der Waals surface area contributed by atoms with Gasteiger partial charge in [-0.3, -0.25) is 19.8 Å². The van der Waals surface area contributed by atoms with E-state index in [1.54, 1.807) is 18.2 Å². The van der Waals surface area contributed by atoms with Crippen molar-refractivity contribution >= 4 is 46.7 Å². The number of fused-ring (bicyclic) bond motifs is 1. The minimum absolute atomic E-state index is 0.209. The molecule has 1 fully saturated rings. The molecule has 0 radical (unpaired) electrons. The first-order chi connectivity index (χ1) is 14.4. The predicted octanol–water partition coefficient (Wildman–Crippen LogP) is 3.44. The summed E-state index contributed by atoms with van der Waals surface area (Å²) in [7, 11) is 0. The zero-order valence-electron chi connectivity index (χ0n) is 16.0. The van der Waals surface area contributed by atoms with Gasteiger partial charge in [0.2, 0.25) is 11.8 Å². The molecule has 0 aromatic heterocycles. The molecule has 4 rings (SSSR count). The molecule has 0 spiro atoms. The highest BCUT2D eigenvalue weighted by Crippen LogP contribution is 2.28. The quantitative estimate of drug-likeness (QED) is 0.627. The number of rotatable bonds is 4. The van der Waals surface area contributed by atoms with Crippen LogP contribution in [-0.4, -0.2) is 28.8 Å².